The highest BCUT2D eigenvalue weighted by Crippen LogP contribution is 2.30. The summed E-state index contributed by atoms with van der Waals surface area (Å²) < 4.78 is 0. The van der Waals surface area contributed by atoms with Crippen LogP contribution in [0, 0.1) is 6.92 Å². The van der Waals surface area contributed by atoms with Gasteiger partial charge in [-0.05, 0) is 19.5 Å². The zero-order valence-electron chi connectivity index (χ0n) is 9.66. The fourth-order valence-electron chi connectivity index (χ4n) is 1.70. The SMILES string of the molecule is CNCCc1nc(C)sc1-c1ccccc1. The number of hydrogen-bond acceptors (Lipinski definition) is 3. The first-order chi connectivity index (χ1) is 7.81. The normalized spacial score (nSPS) is 10.6. The molecule has 0 amide bonds. The molecule has 16 heavy (non-hydrogen) atoms. The lowest BCUT2D eigenvalue weighted by molar-refractivity contribution is 0.779. The molecule has 0 fully saturated rings. The van der Waals surface area contributed by atoms with E-state index >= 15 is 0 Å². The van der Waals surface area contributed by atoms with Gasteiger partial charge in [0.1, 0.15) is 0 Å². The molecule has 0 radical (unpaired) electrons. The van der Waals surface area contributed by atoms with Crippen molar-refractivity contribution in [3.8, 4) is 10.4 Å². The monoisotopic (exact) mass is 232 g/mol. The summed E-state index contributed by atoms with van der Waals surface area (Å²) in [6.45, 7) is 3.04. The summed E-state index contributed by atoms with van der Waals surface area (Å²) in [6, 6.07) is 10.5. The van der Waals surface area contributed by atoms with E-state index in [-0.39, 0.29) is 0 Å². The van der Waals surface area contributed by atoms with Crippen molar-refractivity contribution in [2.24, 2.45) is 0 Å². The van der Waals surface area contributed by atoms with E-state index in [0.717, 1.165) is 18.0 Å². The summed E-state index contributed by atoms with van der Waals surface area (Å²) in [5, 5.41) is 4.31. The van der Waals surface area contributed by atoms with Crippen LogP contribution in [0.15, 0.2) is 30.3 Å². The number of nitrogens with zero attached hydrogens (tertiary/aromatic N) is 1. The number of hydrogen-bond donors (Lipinski definition) is 1. The van der Waals surface area contributed by atoms with E-state index in [0.29, 0.717) is 0 Å². The van der Waals surface area contributed by atoms with Crippen molar-refractivity contribution in [3.63, 3.8) is 0 Å². The average molecular weight is 232 g/mol. The molecule has 0 atom stereocenters. The largest absolute Gasteiger partial charge is 0.319 e. The van der Waals surface area contributed by atoms with E-state index in [4.69, 9.17) is 0 Å². The van der Waals surface area contributed by atoms with Gasteiger partial charge in [0.05, 0.1) is 15.6 Å². The first kappa shape index (κ1) is 11.3. The van der Waals surface area contributed by atoms with Crippen molar-refractivity contribution in [2.75, 3.05) is 13.6 Å². The molecule has 0 spiro atoms. The zero-order valence-corrected chi connectivity index (χ0v) is 10.5. The van der Waals surface area contributed by atoms with E-state index in [9.17, 15) is 0 Å². The second-order valence-electron chi connectivity index (χ2n) is 3.73. The number of aryl methyl sites for hydroxylation is 1. The quantitative estimate of drug-likeness (QED) is 0.876. The molecule has 0 aliphatic heterocycles. The molecule has 2 rings (SSSR count). The molecule has 1 N–H and O–H groups in total. The molecule has 2 aromatic rings. The van der Waals surface area contributed by atoms with Gasteiger partial charge in [0.15, 0.2) is 0 Å². The van der Waals surface area contributed by atoms with Gasteiger partial charge >= 0.3 is 0 Å². The molecule has 0 saturated heterocycles. The molecule has 84 valence electrons. The summed E-state index contributed by atoms with van der Waals surface area (Å²) in [6.07, 6.45) is 0.991. The Morgan fingerprint density at radius 3 is 2.69 bits per heavy atom. The summed E-state index contributed by atoms with van der Waals surface area (Å²) in [4.78, 5) is 5.92. The van der Waals surface area contributed by atoms with Crippen LogP contribution >= 0.6 is 11.3 Å². The molecule has 3 heteroatoms. The van der Waals surface area contributed by atoms with Crippen LogP contribution < -0.4 is 5.32 Å². The predicted molar refractivity (Wildman–Crippen MR) is 69.9 cm³/mol. The summed E-state index contributed by atoms with van der Waals surface area (Å²) in [5.74, 6) is 0. The lowest BCUT2D eigenvalue weighted by Crippen LogP contribution is -2.10. The van der Waals surface area contributed by atoms with Gasteiger partial charge in [-0.1, -0.05) is 30.3 Å². The molecular weight excluding hydrogens is 216 g/mol. The first-order valence-electron chi connectivity index (χ1n) is 5.47. The highest BCUT2D eigenvalue weighted by atomic mass is 32.1. The lowest BCUT2D eigenvalue weighted by atomic mass is 10.1. The highest BCUT2D eigenvalue weighted by Gasteiger charge is 2.09. The van der Waals surface area contributed by atoms with Gasteiger partial charge in [0.2, 0.25) is 0 Å². The molecule has 1 aromatic heterocycles. The van der Waals surface area contributed by atoms with Crippen LogP contribution in [-0.2, 0) is 6.42 Å². The van der Waals surface area contributed by atoms with E-state index < -0.39 is 0 Å². The Morgan fingerprint density at radius 1 is 1.25 bits per heavy atom. The highest BCUT2D eigenvalue weighted by molar-refractivity contribution is 7.15. The smallest absolute Gasteiger partial charge is 0.0903 e. The third-order valence-electron chi connectivity index (χ3n) is 2.45. The molecular formula is C13H16N2S. The third kappa shape index (κ3) is 2.49. The summed E-state index contributed by atoms with van der Waals surface area (Å²) in [7, 11) is 1.97. The van der Waals surface area contributed by atoms with Crippen LogP contribution in [0.25, 0.3) is 10.4 Å². The van der Waals surface area contributed by atoms with Crippen molar-refractivity contribution in [3.05, 3.63) is 41.0 Å². The fraction of sp³-hybridized carbons (Fsp3) is 0.308. The van der Waals surface area contributed by atoms with Crippen LogP contribution in [0.3, 0.4) is 0 Å². The number of likely N-dealkylation sites (N-methyl/N-ethyl adjacent to an activating group) is 1. The van der Waals surface area contributed by atoms with Gasteiger partial charge in [-0.3, -0.25) is 0 Å². The molecule has 2 nitrogen and oxygen atoms in total. The van der Waals surface area contributed by atoms with E-state index in [1.54, 1.807) is 11.3 Å². The van der Waals surface area contributed by atoms with Crippen LogP contribution in [0.4, 0.5) is 0 Å². The van der Waals surface area contributed by atoms with Gasteiger partial charge < -0.3 is 5.32 Å². The summed E-state index contributed by atoms with van der Waals surface area (Å²) >= 11 is 1.78. The van der Waals surface area contributed by atoms with Crippen LogP contribution in [0.5, 0.6) is 0 Å². The minimum atomic E-state index is 0.975. The maximum Gasteiger partial charge on any atom is 0.0903 e. The Kier molecular flexibility index (Phi) is 3.70. The molecule has 0 aliphatic carbocycles. The molecule has 0 bridgehead atoms. The van der Waals surface area contributed by atoms with E-state index in [1.165, 1.54) is 16.1 Å². The maximum atomic E-state index is 4.60. The predicted octanol–water partition coefficient (Wildman–Crippen LogP) is 2.88. The van der Waals surface area contributed by atoms with Crippen molar-refractivity contribution in [2.45, 2.75) is 13.3 Å². The van der Waals surface area contributed by atoms with E-state index in [2.05, 4.69) is 41.5 Å². The number of nitrogens with one attached hydrogen (secondary N) is 1. The van der Waals surface area contributed by atoms with Crippen molar-refractivity contribution in [1.82, 2.24) is 10.3 Å². The molecule has 0 unspecified atom stereocenters. The average Bonchev–Trinajstić information content (AvgIpc) is 2.69. The van der Waals surface area contributed by atoms with Gasteiger partial charge in [-0.15, -0.1) is 11.3 Å². The Hall–Kier alpha value is -1.19. The van der Waals surface area contributed by atoms with E-state index in [1.807, 2.05) is 13.1 Å². The topological polar surface area (TPSA) is 24.9 Å². The Labute approximate surface area is 100 Å². The van der Waals surface area contributed by atoms with Crippen LogP contribution in [0.1, 0.15) is 10.7 Å². The van der Waals surface area contributed by atoms with Gasteiger partial charge in [-0.25, -0.2) is 4.98 Å². The van der Waals surface area contributed by atoms with Crippen molar-refractivity contribution in [1.29, 1.82) is 0 Å². The van der Waals surface area contributed by atoms with Crippen LogP contribution in [0.2, 0.25) is 0 Å². The number of benzene rings is 1. The molecule has 1 heterocycles. The Morgan fingerprint density at radius 2 is 2.00 bits per heavy atom. The first-order valence-corrected chi connectivity index (χ1v) is 6.29. The minimum Gasteiger partial charge on any atom is -0.319 e. The standard InChI is InChI=1S/C13H16N2S/c1-10-15-12(8-9-14-2)13(16-10)11-6-4-3-5-7-11/h3-7,14H,8-9H2,1-2H3. The van der Waals surface area contributed by atoms with Gasteiger partial charge in [-0.2, -0.15) is 0 Å². The molecule has 0 aliphatic rings. The second kappa shape index (κ2) is 5.23. The second-order valence-corrected chi connectivity index (χ2v) is 4.93. The van der Waals surface area contributed by atoms with Gasteiger partial charge in [0, 0.05) is 13.0 Å². The maximum absolute atomic E-state index is 4.60. The Balaban J connectivity index is 2.33. The van der Waals surface area contributed by atoms with Crippen molar-refractivity contribution < 1.29 is 0 Å². The van der Waals surface area contributed by atoms with Crippen LogP contribution in [-0.4, -0.2) is 18.6 Å². The number of thiazole rings is 1. The Bertz CT molecular complexity index is 448. The fourth-order valence-corrected chi connectivity index (χ4v) is 2.67. The molecule has 0 saturated carbocycles. The number of aromatic nitrogens is 1. The lowest BCUT2D eigenvalue weighted by Gasteiger charge is -2.01. The third-order valence-corrected chi connectivity index (χ3v) is 3.51. The molecule has 1 aromatic carbocycles. The van der Waals surface area contributed by atoms with Gasteiger partial charge in [0.25, 0.3) is 0 Å². The minimum absolute atomic E-state index is 0.975. The summed E-state index contributed by atoms with van der Waals surface area (Å²) in [5.41, 5.74) is 2.49. The van der Waals surface area contributed by atoms with Crippen molar-refractivity contribution >= 4 is 11.3 Å². The number of rotatable bonds is 4. The zero-order chi connectivity index (χ0) is 11.4.